The van der Waals surface area contributed by atoms with Crippen LogP contribution in [0.15, 0.2) is 42.5 Å². The second kappa shape index (κ2) is 7.09. The molecule has 104 valence electrons. The third kappa shape index (κ3) is 3.19. The molecule has 0 aliphatic heterocycles. The van der Waals surface area contributed by atoms with E-state index in [0.717, 1.165) is 12.8 Å². The fourth-order valence-electron chi connectivity index (χ4n) is 2.59. The molecule has 2 aromatic carbocycles. The first-order valence-electron chi connectivity index (χ1n) is 7.20. The van der Waals surface area contributed by atoms with E-state index in [1.807, 2.05) is 0 Å². The van der Waals surface area contributed by atoms with Gasteiger partial charge < -0.3 is 5.73 Å². The number of benzene rings is 2. The van der Waals surface area contributed by atoms with Crippen LogP contribution in [-0.4, -0.2) is 12.6 Å². The standard InChI is InChI=1S/C18H22N2/c1-3-8-15(4-2)20-18(13-19)17-12-7-10-14-9-5-6-11-16(14)17/h2,5-7,9-12,15,18,20H,3,8,13,19H2,1H3. The Kier molecular flexibility index (Phi) is 5.17. The Morgan fingerprint density at radius 3 is 2.65 bits per heavy atom. The van der Waals surface area contributed by atoms with E-state index < -0.39 is 0 Å². The average molecular weight is 266 g/mol. The molecular formula is C18H22N2. The van der Waals surface area contributed by atoms with Crippen molar-refractivity contribution in [1.29, 1.82) is 0 Å². The van der Waals surface area contributed by atoms with E-state index >= 15 is 0 Å². The molecule has 0 fully saturated rings. The molecule has 0 aliphatic carbocycles. The van der Waals surface area contributed by atoms with Gasteiger partial charge in [-0.05, 0) is 22.8 Å². The summed E-state index contributed by atoms with van der Waals surface area (Å²) in [5, 5.41) is 5.98. The van der Waals surface area contributed by atoms with E-state index in [-0.39, 0.29) is 12.1 Å². The Morgan fingerprint density at radius 2 is 1.95 bits per heavy atom. The minimum Gasteiger partial charge on any atom is -0.329 e. The Balaban J connectivity index is 2.32. The Hall–Kier alpha value is -1.82. The largest absolute Gasteiger partial charge is 0.329 e. The molecule has 3 N–H and O–H groups in total. The summed E-state index contributed by atoms with van der Waals surface area (Å²) < 4.78 is 0. The smallest absolute Gasteiger partial charge is 0.0692 e. The molecular weight excluding hydrogens is 244 g/mol. The van der Waals surface area contributed by atoms with Gasteiger partial charge in [0.25, 0.3) is 0 Å². The second-order valence-electron chi connectivity index (χ2n) is 5.03. The van der Waals surface area contributed by atoms with Gasteiger partial charge in [0.05, 0.1) is 6.04 Å². The highest BCUT2D eigenvalue weighted by Crippen LogP contribution is 2.24. The highest BCUT2D eigenvalue weighted by molar-refractivity contribution is 5.86. The molecule has 2 heteroatoms. The zero-order valence-corrected chi connectivity index (χ0v) is 12.0. The first-order valence-corrected chi connectivity index (χ1v) is 7.20. The fourth-order valence-corrected chi connectivity index (χ4v) is 2.59. The predicted octanol–water partition coefficient (Wildman–Crippen LogP) is 3.23. The zero-order valence-electron chi connectivity index (χ0n) is 12.0. The highest BCUT2D eigenvalue weighted by Gasteiger charge is 2.15. The molecule has 0 saturated carbocycles. The maximum atomic E-state index is 5.96. The normalized spacial score (nSPS) is 13.8. The zero-order chi connectivity index (χ0) is 14.4. The van der Waals surface area contributed by atoms with Crippen molar-refractivity contribution in [3.05, 3.63) is 48.0 Å². The topological polar surface area (TPSA) is 38.0 Å². The van der Waals surface area contributed by atoms with Crippen LogP contribution < -0.4 is 11.1 Å². The summed E-state index contributed by atoms with van der Waals surface area (Å²) in [4.78, 5) is 0. The average Bonchev–Trinajstić information content (AvgIpc) is 2.51. The highest BCUT2D eigenvalue weighted by atomic mass is 15.0. The first-order chi connectivity index (χ1) is 9.80. The van der Waals surface area contributed by atoms with Crippen LogP contribution in [-0.2, 0) is 0 Å². The molecule has 0 spiro atoms. The number of fused-ring (bicyclic) bond motifs is 1. The quantitative estimate of drug-likeness (QED) is 0.788. The van der Waals surface area contributed by atoms with Crippen LogP contribution in [0.5, 0.6) is 0 Å². The van der Waals surface area contributed by atoms with Crippen LogP contribution in [0.4, 0.5) is 0 Å². The van der Waals surface area contributed by atoms with Gasteiger partial charge in [-0.1, -0.05) is 61.7 Å². The molecule has 2 aromatic rings. The molecule has 2 atom stereocenters. The van der Waals surface area contributed by atoms with Crippen molar-refractivity contribution < 1.29 is 0 Å². The van der Waals surface area contributed by atoms with Gasteiger partial charge in [-0.3, -0.25) is 5.32 Å². The number of terminal acetylenes is 1. The summed E-state index contributed by atoms with van der Waals surface area (Å²) in [6.45, 7) is 2.68. The summed E-state index contributed by atoms with van der Waals surface area (Å²) in [5.74, 6) is 2.82. The van der Waals surface area contributed by atoms with Gasteiger partial charge in [-0.25, -0.2) is 0 Å². The third-order valence-corrected chi connectivity index (χ3v) is 3.62. The van der Waals surface area contributed by atoms with Gasteiger partial charge in [-0.15, -0.1) is 6.42 Å². The maximum absolute atomic E-state index is 5.96. The van der Waals surface area contributed by atoms with Gasteiger partial charge in [-0.2, -0.15) is 0 Å². The molecule has 0 radical (unpaired) electrons. The van der Waals surface area contributed by atoms with E-state index in [9.17, 15) is 0 Å². The first kappa shape index (κ1) is 14.6. The van der Waals surface area contributed by atoms with E-state index in [1.165, 1.54) is 16.3 Å². The molecule has 2 rings (SSSR count). The monoisotopic (exact) mass is 266 g/mol. The molecule has 0 heterocycles. The van der Waals surface area contributed by atoms with Crippen LogP contribution in [0.3, 0.4) is 0 Å². The van der Waals surface area contributed by atoms with Crippen LogP contribution in [0.2, 0.25) is 0 Å². The SMILES string of the molecule is C#CC(CCC)NC(CN)c1cccc2ccccc12. The number of hydrogen-bond acceptors (Lipinski definition) is 2. The van der Waals surface area contributed by atoms with Crippen LogP contribution >= 0.6 is 0 Å². The van der Waals surface area contributed by atoms with Crippen molar-refractivity contribution in [2.24, 2.45) is 5.73 Å². The summed E-state index contributed by atoms with van der Waals surface area (Å²) in [6.07, 6.45) is 7.63. The lowest BCUT2D eigenvalue weighted by Gasteiger charge is -2.23. The predicted molar refractivity (Wildman–Crippen MR) is 86.4 cm³/mol. The van der Waals surface area contributed by atoms with E-state index in [2.05, 4.69) is 60.6 Å². The van der Waals surface area contributed by atoms with E-state index in [4.69, 9.17) is 12.2 Å². The van der Waals surface area contributed by atoms with E-state index in [0.29, 0.717) is 6.54 Å². The van der Waals surface area contributed by atoms with Crippen molar-refractivity contribution in [2.75, 3.05) is 6.54 Å². The summed E-state index contributed by atoms with van der Waals surface area (Å²) in [6, 6.07) is 14.9. The molecule has 0 amide bonds. The Labute approximate surface area is 121 Å². The number of rotatable bonds is 6. The van der Waals surface area contributed by atoms with Gasteiger partial charge in [0.1, 0.15) is 0 Å². The van der Waals surface area contributed by atoms with Crippen molar-refractivity contribution >= 4 is 10.8 Å². The molecule has 0 aliphatic rings. The van der Waals surface area contributed by atoms with Crippen molar-refractivity contribution in [3.63, 3.8) is 0 Å². The van der Waals surface area contributed by atoms with Gasteiger partial charge in [0.2, 0.25) is 0 Å². The molecule has 0 aromatic heterocycles. The van der Waals surface area contributed by atoms with Crippen LogP contribution in [0, 0.1) is 12.3 Å². The molecule has 20 heavy (non-hydrogen) atoms. The molecule has 0 bridgehead atoms. The Morgan fingerprint density at radius 1 is 1.20 bits per heavy atom. The van der Waals surface area contributed by atoms with Gasteiger partial charge in [0, 0.05) is 12.6 Å². The second-order valence-corrected chi connectivity index (χ2v) is 5.03. The summed E-state index contributed by atoms with van der Waals surface area (Å²) in [7, 11) is 0. The Bertz CT molecular complexity index is 592. The molecule has 2 unspecified atom stereocenters. The summed E-state index contributed by atoms with van der Waals surface area (Å²) >= 11 is 0. The molecule has 2 nitrogen and oxygen atoms in total. The lowest BCUT2D eigenvalue weighted by atomic mass is 9.97. The van der Waals surface area contributed by atoms with Crippen molar-refractivity contribution in [2.45, 2.75) is 31.8 Å². The fraction of sp³-hybridized carbons (Fsp3) is 0.333. The van der Waals surface area contributed by atoms with E-state index in [1.54, 1.807) is 0 Å². The third-order valence-electron chi connectivity index (χ3n) is 3.62. The van der Waals surface area contributed by atoms with Crippen LogP contribution in [0.25, 0.3) is 10.8 Å². The van der Waals surface area contributed by atoms with Crippen molar-refractivity contribution in [1.82, 2.24) is 5.32 Å². The minimum absolute atomic E-state index is 0.0764. The van der Waals surface area contributed by atoms with Crippen LogP contribution in [0.1, 0.15) is 31.4 Å². The maximum Gasteiger partial charge on any atom is 0.0692 e. The summed E-state index contributed by atoms with van der Waals surface area (Å²) in [5.41, 5.74) is 7.19. The van der Waals surface area contributed by atoms with Gasteiger partial charge in [0.15, 0.2) is 0 Å². The van der Waals surface area contributed by atoms with Crippen molar-refractivity contribution in [3.8, 4) is 12.3 Å². The van der Waals surface area contributed by atoms with Gasteiger partial charge >= 0.3 is 0 Å². The number of nitrogens with two attached hydrogens (primary N) is 1. The molecule has 0 saturated heterocycles. The number of nitrogens with one attached hydrogen (secondary N) is 1. The lowest BCUT2D eigenvalue weighted by molar-refractivity contribution is 0.477. The minimum atomic E-state index is 0.0764. The lowest BCUT2D eigenvalue weighted by Crippen LogP contribution is -2.36. The number of hydrogen-bond donors (Lipinski definition) is 2.